The van der Waals surface area contributed by atoms with Crippen LogP contribution in [0.3, 0.4) is 0 Å². The van der Waals surface area contributed by atoms with Crippen molar-refractivity contribution in [3.05, 3.63) is 48.6 Å². The predicted octanol–water partition coefficient (Wildman–Crippen LogP) is 5.52. The summed E-state index contributed by atoms with van der Waals surface area (Å²) < 4.78 is 4.61. The normalized spacial score (nSPS) is 12.3. The van der Waals surface area contributed by atoms with Gasteiger partial charge in [0.1, 0.15) is 0 Å². The Bertz CT molecular complexity index is 349. The Morgan fingerprint density at radius 3 is 2.05 bits per heavy atom. The highest BCUT2D eigenvalue weighted by atomic mass is 16.5. The molecule has 0 saturated heterocycles. The van der Waals surface area contributed by atoms with E-state index in [1.165, 1.54) is 26.4 Å². The van der Waals surface area contributed by atoms with Crippen molar-refractivity contribution < 1.29 is 9.53 Å². The van der Waals surface area contributed by atoms with Crippen LogP contribution in [-0.2, 0) is 9.53 Å². The van der Waals surface area contributed by atoms with Crippen molar-refractivity contribution in [2.24, 2.45) is 0 Å². The van der Waals surface area contributed by atoms with Gasteiger partial charge in [0, 0.05) is 6.42 Å². The highest BCUT2D eigenvalue weighted by molar-refractivity contribution is 5.68. The van der Waals surface area contributed by atoms with Gasteiger partial charge >= 0.3 is 5.97 Å². The number of carbonyl (C=O) groups excluding carboxylic acids is 1. The molecule has 2 heteroatoms. The van der Waals surface area contributed by atoms with Crippen LogP contribution < -0.4 is 0 Å². The van der Waals surface area contributed by atoms with E-state index in [1.807, 2.05) is 18.2 Å². The monoisotopic (exact) mass is 290 g/mol. The van der Waals surface area contributed by atoms with Crippen LogP contribution in [0.5, 0.6) is 0 Å². The third-order valence-corrected chi connectivity index (χ3v) is 3.04. The minimum absolute atomic E-state index is 0.0936. The second-order valence-corrected chi connectivity index (χ2v) is 4.92. The zero-order valence-corrected chi connectivity index (χ0v) is 13.6. The van der Waals surface area contributed by atoms with E-state index in [2.05, 4.69) is 42.0 Å². The zero-order chi connectivity index (χ0) is 15.6. The fourth-order valence-electron chi connectivity index (χ4n) is 1.81. The molecular weight excluding hydrogens is 260 g/mol. The third-order valence-electron chi connectivity index (χ3n) is 3.04. The number of unbranched alkanes of at least 4 members (excludes halogenated alkanes) is 5. The number of allylic oxidation sites excluding steroid dienone is 8. The van der Waals surface area contributed by atoms with Crippen LogP contribution in [0, 0.1) is 0 Å². The van der Waals surface area contributed by atoms with Crippen molar-refractivity contribution in [3.8, 4) is 0 Å². The maximum Gasteiger partial charge on any atom is 0.305 e. The van der Waals surface area contributed by atoms with Gasteiger partial charge in [0.2, 0.25) is 0 Å². The summed E-state index contributed by atoms with van der Waals surface area (Å²) in [6.07, 6.45) is 25.2. The molecule has 0 heterocycles. The molecule has 0 N–H and O–H groups in total. The largest absolute Gasteiger partial charge is 0.469 e. The van der Waals surface area contributed by atoms with Crippen LogP contribution >= 0.6 is 0 Å². The molecule has 21 heavy (non-hydrogen) atoms. The lowest BCUT2D eigenvalue weighted by molar-refractivity contribution is -0.140. The van der Waals surface area contributed by atoms with Gasteiger partial charge in [-0.2, -0.15) is 0 Å². The molecule has 2 nitrogen and oxygen atoms in total. The van der Waals surface area contributed by atoms with Crippen LogP contribution in [0.1, 0.15) is 58.3 Å². The average molecular weight is 290 g/mol. The van der Waals surface area contributed by atoms with Gasteiger partial charge in [-0.25, -0.2) is 0 Å². The Morgan fingerprint density at radius 2 is 1.38 bits per heavy atom. The van der Waals surface area contributed by atoms with Crippen molar-refractivity contribution in [3.63, 3.8) is 0 Å². The molecule has 0 amide bonds. The quantitative estimate of drug-likeness (QED) is 0.268. The van der Waals surface area contributed by atoms with E-state index in [1.54, 1.807) is 0 Å². The third kappa shape index (κ3) is 16.4. The van der Waals surface area contributed by atoms with E-state index in [0.29, 0.717) is 6.42 Å². The number of esters is 1. The molecule has 0 aliphatic rings. The van der Waals surface area contributed by atoms with Crippen molar-refractivity contribution in [2.75, 3.05) is 7.11 Å². The van der Waals surface area contributed by atoms with E-state index in [9.17, 15) is 4.79 Å². The summed E-state index contributed by atoms with van der Waals surface area (Å²) in [4.78, 5) is 10.9. The van der Waals surface area contributed by atoms with E-state index in [4.69, 9.17) is 0 Å². The molecule has 0 radical (unpaired) electrons. The van der Waals surface area contributed by atoms with Gasteiger partial charge in [-0.1, -0.05) is 74.8 Å². The molecule has 0 aromatic carbocycles. The zero-order valence-electron chi connectivity index (χ0n) is 13.6. The van der Waals surface area contributed by atoms with Gasteiger partial charge < -0.3 is 4.74 Å². The van der Waals surface area contributed by atoms with E-state index in [-0.39, 0.29) is 5.97 Å². The predicted molar refractivity (Wildman–Crippen MR) is 91.2 cm³/mol. The Morgan fingerprint density at radius 1 is 0.810 bits per heavy atom. The average Bonchev–Trinajstić information content (AvgIpc) is 2.50. The Balaban J connectivity index is 3.36. The van der Waals surface area contributed by atoms with Gasteiger partial charge in [0.05, 0.1) is 7.11 Å². The van der Waals surface area contributed by atoms with Crippen LogP contribution in [-0.4, -0.2) is 13.1 Å². The summed E-state index contributed by atoms with van der Waals surface area (Å²) >= 11 is 0. The van der Waals surface area contributed by atoms with Crippen molar-refractivity contribution in [1.29, 1.82) is 0 Å². The Labute approximate surface area is 130 Å². The smallest absolute Gasteiger partial charge is 0.305 e. The lowest BCUT2D eigenvalue weighted by Gasteiger charge is -1.99. The number of hydrogen-bond donors (Lipinski definition) is 0. The van der Waals surface area contributed by atoms with E-state index in [0.717, 1.165) is 25.7 Å². The van der Waals surface area contributed by atoms with Gasteiger partial charge in [0.25, 0.3) is 0 Å². The van der Waals surface area contributed by atoms with E-state index < -0.39 is 0 Å². The molecule has 0 bridgehead atoms. The van der Waals surface area contributed by atoms with Gasteiger partial charge in [-0.3, -0.25) is 4.79 Å². The van der Waals surface area contributed by atoms with Crippen LogP contribution in [0.25, 0.3) is 0 Å². The highest BCUT2D eigenvalue weighted by Crippen LogP contribution is 2.08. The number of rotatable bonds is 12. The molecule has 0 aromatic heterocycles. The molecule has 0 saturated carbocycles. The van der Waals surface area contributed by atoms with E-state index >= 15 is 0 Å². The first-order valence-corrected chi connectivity index (χ1v) is 8.03. The molecule has 0 spiro atoms. The first-order chi connectivity index (χ1) is 10.3. The maximum absolute atomic E-state index is 10.9. The first-order valence-electron chi connectivity index (χ1n) is 8.03. The molecular formula is C19H30O2. The highest BCUT2D eigenvalue weighted by Gasteiger charge is 1.98. The summed E-state index contributed by atoms with van der Waals surface area (Å²) in [5.41, 5.74) is 0. The van der Waals surface area contributed by atoms with Gasteiger partial charge in [0.15, 0.2) is 0 Å². The second kappa shape index (κ2) is 16.5. The van der Waals surface area contributed by atoms with Gasteiger partial charge in [-0.05, 0) is 25.7 Å². The molecule has 0 atom stereocenters. The molecule has 0 rings (SSSR count). The standard InChI is InChI=1S/C19H30O2/c1-3-4-5-6-7-8-9-10-11-12-13-14-15-16-17-18-19(20)21-2/h4-11H,3,12-18H2,1-2H3/b5-4-,7-6-,9-8-,11-10+. The number of carbonyl (C=O) groups is 1. The first kappa shape index (κ1) is 19.4. The molecule has 0 aliphatic carbocycles. The molecule has 0 unspecified atom stereocenters. The molecule has 0 aromatic rings. The Hall–Kier alpha value is -1.57. The van der Waals surface area contributed by atoms with Crippen molar-refractivity contribution >= 4 is 5.97 Å². The summed E-state index contributed by atoms with van der Waals surface area (Å²) in [5, 5.41) is 0. The van der Waals surface area contributed by atoms with Crippen LogP contribution in [0.15, 0.2) is 48.6 Å². The van der Waals surface area contributed by atoms with Crippen LogP contribution in [0.4, 0.5) is 0 Å². The lowest BCUT2D eigenvalue weighted by atomic mass is 10.1. The maximum atomic E-state index is 10.9. The summed E-state index contributed by atoms with van der Waals surface area (Å²) in [7, 11) is 1.45. The topological polar surface area (TPSA) is 26.3 Å². The van der Waals surface area contributed by atoms with Gasteiger partial charge in [-0.15, -0.1) is 0 Å². The summed E-state index contributed by atoms with van der Waals surface area (Å²) in [6.45, 7) is 2.13. The molecule has 0 aliphatic heterocycles. The summed E-state index contributed by atoms with van der Waals surface area (Å²) in [6, 6.07) is 0. The number of methoxy groups -OCH3 is 1. The minimum atomic E-state index is -0.0936. The number of ether oxygens (including phenoxy) is 1. The minimum Gasteiger partial charge on any atom is -0.469 e. The molecule has 118 valence electrons. The molecule has 0 fully saturated rings. The SMILES string of the molecule is CC\C=C/C=C\C=C/C=C/CCCCCCCC(=O)OC. The van der Waals surface area contributed by atoms with Crippen molar-refractivity contribution in [1.82, 2.24) is 0 Å². The van der Waals surface area contributed by atoms with Crippen LogP contribution in [0.2, 0.25) is 0 Å². The summed E-state index contributed by atoms with van der Waals surface area (Å²) in [5.74, 6) is -0.0936. The lowest BCUT2D eigenvalue weighted by Crippen LogP contribution is -1.98. The second-order valence-electron chi connectivity index (χ2n) is 4.92. The fraction of sp³-hybridized carbons (Fsp3) is 0.526. The fourth-order valence-corrected chi connectivity index (χ4v) is 1.81. The number of hydrogen-bond acceptors (Lipinski definition) is 2. The van der Waals surface area contributed by atoms with Crippen molar-refractivity contribution in [2.45, 2.75) is 58.3 Å². The Kier molecular flexibility index (Phi) is 15.3.